The molecule has 0 heterocycles. The maximum absolute atomic E-state index is 12.0. The molecule has 6 nitrogen and oxygen atoms in total. The molecule has 1 unspecified atom stereocenters. The Morgan fingerprint density at radius 2 is 1.41 bits per heavy atom. The predicted octanol–water partition coefficient (Wildman–Crippen LogP) is 7.38. The normalized spacial score (nSPS) is 13.2. The highest BCUT2D eigenvalue weighted by Gasteiger charge is 2.31. The highest BCUT2D eigenvalue weighted by Crippen LogP contribution is 2.41. The molecule has 0 radical (unpaired) electrons. The first-order valence-corrected chi connectivity index (χ1v) is 15.0. The summed E-state index contributed by atoms with van der Waals surface area (Å²) in [6.07, 6.45) is 3.11. The van der Waals surface area contributed by atoms with Crippen molar-refractivity contribution in [1.82, 2.24) is 5.32 Å². The number of rotatable bonds is 12. The maximum Gasteiger partial charge on any atom is 0.325 e. The molecule has 0 saturated carbocycles. The minimum absolute atomic E-state index is 0.123. The summed E-state index contributed by atoms with van der Waals surface area (Å²) < 4.78 is 5.70. The lowest BCUT2D eigenvalue weighted by atomic mass is 9.69. The third-order valence-corrected chi connectivity index (χ3v) is 7.62. The minimum atomic E-state index is -1.09. The molecule has 2 rings (SSSR count). The van der Waals surface area contributed by atoms with Crippen LogP contribution in [0.5, 0.6) is 5.75 Å². The first-order chi connectivity index (χ1) is 19.0. The van der Waals surface area contributed by atoms with E-state index >= 15 is 0 Å². The van der Waals surface area contributed by atoms with Crippen LogP contribution in [0.3, 0.4) is 0 Å². The van der Waals surface area contributed by atoms with Crippen LogP contribution in [-0.4, -0.2) is 40.8 Å². The summed E-state index contributed by atoms with van der Waals surface area (Å²) in [7, 11) is 0. The van der Waals surface area contributed by atoms with Crippen molar-refractivity contribution in [2.45, 2.75) is 119 Å². The summed E-state index contributed by atoms with van der Waals surface area (Å²) in [5.41, 5.74) is 5.61. The number of benzene rings is 2. The molecule has 0 fully saturated rings. The zero-order valence-corrected chi connectivity index (χ0v) is 27.4. The summed E-state index contributed by atoms with van der Waals surface area (Å²) >= 11 is 0. The third kappa shape index (κ3) is 10.8. The van der Waals surface area contributed by atoms with Gasteiger partial charge in [-0.15, -0.1) is 0 Å². The van der Waals surface area contributed by atoms with Crippen LogP contribution < -0.4 is 10.1 Å². The van der Waals surface area contributed by atoms with Gasteiger partial charge in [-0.25, -0.2) is 0 Å². The van der Waals surface area contributed by atoms with E-state index in [4.69, 9.17) is 9.84 Å². The van der Waals surface area contributed by atoms with Crippen molar-refractivity contribution in [3.63, 3.8) is 0 Å². The van der Waals surface area contributed by atoms with Gasteiger partial charge in [0.2, 0.25) is 0 Å². The SMILES string of the molecule is CC(C)C.CCC(CC)(c1ccc(CCC(O)C(C)(C)C)c(C)c1)c1ccc(OCC(=O)N[C@H](C)C(=O)O)c(C)c1. The van der Waals surface area contributed by atoms with Gasteiger partial charge in [-0.2, -0.15) is 0 Å². The average Bonchev–Trinajstić information content (AvgIpc) is 2.87. The van der Waals surface area contributed by atoms with Gasteiger partial charge in [0.15, 0.2) is 6.61 Å². The van der Waals surface area contributed by atoms with Gasteiger partial charge >= 0.3 is 5.97 Å². The van der Waals surface area contributed by atoms with E-state index in [0.29, 0.717) is 5.75 Å². The average molecular weight is 570 g/mol. The molecule has 230 valence electrons. The van der Waals surface area contributed by atoms with E-state index in [0.717, 1.165) is 37.2 Å². The van der Waals surface area contributed by atoms with Crippen LogP contribution in [0.2, 0.25) is 0 Å². The van der Waals surface area contributed by atoms with Crippen LogP contribution in [-0.2, 0) is 21.4 Å². The standard InChI is InChI=1S/C31H45NO5.C4H10/c1-9-31(10-2,24-13-11-23(20(3)17-24)12-16-27(33)30(6,7)8)25-14-15-26(21(4)18-25)37-19-28(34)32-22(5)29(35)36;1-4(2)3/h11,13-15,17-18,22,27,33H,9-10,12,16,19H2,1-8H3,(H,32,34)(H,35,36);4H,1-3H3/t22-,27?;/m1./s1. The number of carboxylic acid groups (broad SMARTS) is 1. The Morgan fingerprint density at radius 1 is 0.902 bits per heavy atom. The molecule has 0 aliphatic carbocycles. The van der Waals surface area contributed by atoms with Crippen LogP contribution in [0, 0.1) is 25.2 Å². The van der Waals surface area contributed by atoms with E-state index in [1.54, 1.807) is 0 Å². The van der Waals surface area contributed by atoms with E-state index in [1.165, 1.54) is 29.2 Å². The van der Waals surface area contributed by atoms with Crippen molar-refractivity contribution in [1.29, 1.82) is 0 Å². The number of hydrogen-bond acceptors (Lipinski definition) is 4. The molecule has 6 heteroatoms. The number of aryl methyl sites for hydroxylation is 3. The molecule has 3 N–H and O–H groups in total. The summed E-state index contributed by atoms with van der Waals surface area (Å²) in [6.45, 7) is 22.4. The Hall–Kier alpha value is -2.86. The van der Waals surface area contributed by atoms with Crippen molar-refractivity contribution < 1.29 is 24.5 Å². The molecule has 1 amide bonds. The van der Waals surface area contributed by atoms with Crippen molar-refractivity contribution in [3.05, 3.63) is 64.2 Å². The summed E-state index contributed by atoms with van der Waals surface area (Å²) in [4.78, 5) is 23.0. The largest absolute Gasteiger partial charge is 0.484 e. The van der Waals surface area contributed by atoms with Crippen molar-refractivity contribution in [3.8, 4) is 5.75 Å². The Kier molecular flexibility index (Phi) is 14.1. The topological polar surface area (TPSA) is 95.9 Å². The molecular weight excluding hydrogens is 514 g/mol. The summed E-state index contributed by atoms with van der Waals surface area (Å²) in [5.74, 6) is -0.123. The number of aliphatic hydroxyl groups excluding tert-OH is 1. The molecule has 0 spiro atoms. The fraction of sp³-hybridized carbons (Fsp3) is 0.600. The lowest BCUT2D eigenvalue weighted by Crippen LogP contribution is -2.40. The van der Waals surface area contributed by atoms with E-state index in [-0.39, 0.29) is 23.5 Å². The monoisotopic (exact) mass is 569 g/mol. The third-order valence-electron chi connectivity index (χ3n) is 7.62. The van der Waals surface area contributed by atoms with Crippen molar-refractivity contribution in [2.75, 3.05) is 6.61 Å². The number of aliphatic hydroxyl groups is 1. The van der Waals surface area contributed by atoms with Gasteiger partial charge < -0.3 is 20.3 Å². The molecule has 0 aliphatic heterocycles. The summed E-state index contributed by atoms with van der Waals surface area (Å²) in [5, 5.41) is 21.8. The number of amides is 1. The molecule has 2 aromatic rings. The Bertz CT molecular complexity index is 1130. The number of ether oxygens (including phenoxy) is 1. The number of carbonyl (C=O) groups excluding carboxylic acids is 1. The van der Waals surface area contributed by atoms with Gasteiger partial charge in [-0.05, 0) is 91.7 Å². The number of aliphatic carboxylic acids is 1. The zero-order valence-electron chi connectivity index (χ0n) is 27.4. The van der Waals surface area contributed by atoms with E-state index < -0.39 is 17.9 Å². The number of nitrogens with one attached hydrogen (secondary N) is 1. The molecule has 2 atom stereocenters. The zero-order chi connectivity index (χ0) is 31.5. The van der Waals surface area contributed by atoms with Crippen LogP contribution in [0.25, 0.3) is 0 Å². The molecule has 41 heavy (non-hydrogen) atoms. The van der Waals surface area contributed by atoms with Crippen LogP contribution in [0.1, 0.15) is 109 Å². The second-order valence-electron chi connectivity index (χ2n) is 13.0. The molecular formula is C35H55NO5. The van der Waals surface area contributed by atoms with Crippen LogP contribution in [0.15, 0.2) is 36.4 Å². The fourth-order valence-corrected chi connectivity index (χ4v) is 4.83. The van der Waals surface area contributed by atoms with Crippen LogP contribution >= 0.6 is 0 Å². The van der Waals surface area contributed by atoms with Crippen LogP contribution in [0.4, 0.5) is 0 Å². The first kappa shape index (κ1) is 36.2. The molecule has 0 aliphatic rings. The summed E-state index contributed by atoms with van der Waals surface area (Å²) in [6, 6.07) is 11.9. The number of carbonyl (C=O) groups is 2. The first-order valence-electron chi connectivity index (χ1n) is 15.0. The quantitative estimate of drug-likeness (QED) is 0.248. The Labute approximate surface area is 248 Å². The van der Waals surface area contributed by atoms with E-state index in [2.05, 4.69) is 98.0 Å². The minimum Gasteiger partial charge on any atom is -0.484 e. The lowest BCUT2D eigenvalue weighted by molar-refractivity contribution is -0.141. The fourth-order valence-electron chi connectivity index (χ4n) is 4.83. The highest BCUT2D eigenvalue weighted by molar-refractivity contribution is 5.84. The molecule has 0 aromatic heterocycles. The van der Waals surface area contributed by atoms with Gasteiger partial charge in [0.1, 0.15) is 11.8 Å². The Morgan fingerprint density at radius 3 is 1.85 bits per heavy atom. The van der Waals surface area contributed by atoms with E-state index in [1.807, 2.05) is 13.0 Å². The second kappa shape index (κ2) is 16.0. The van der Waals surface area contributed by atoms with Gasteiger partial charge in [0.05, 0.1) is 6.10 Å². The van der Waals surface area contributed by atoms with Crippen molar-refractivity contribution in [2.24, 2.45) is 11.3 Å². The smallest absolute Gasteiger partial charge is 0.325 e. The lowest BCUT2D eigenvalue weighted by Gasteiger charge is -2.34. The maximum atomic E-state index is 12.0. The van der Waals surface area contributed by atoms with E-state index in [9.17, 15) is 14.7 Å². The molecule has 0 bridgehead atoms. The van der Waals surface area contributed by atoms with Gasteiger partial charge in [0.25, 0.3) is 5.91 Å². The Balaban J connectivity index is 0.00000196. The van der Waals surface area contributed by atoms with Gasteiger partial charge in [-0.3, -0.25) is 9.59 Å². The van der Waals surface area contributed by atoms with Gasteiger partial charge in [0, 0.05) is 5.41 Å². The highest BCUT2D eigenvalue weighted by atomic mass is 16.5. The molecule has 0 saturated heterocycles. The second-order valence-corrected chi connectivity index (χ2v) is 13.0. The number of hydrogen-bond donors (Lipinski definition) is 3. The van der Waals surface area contributed by atoms with Crippen molar-refractivity contribution >= 4 is 11.9 Å². The number of carboxylic acids is 1. The predicted molar refractivity (Wildman–Crippen MR) is 169 cm³/mol. The van der Waals surface area contributed by atoms with Gasteiger partial charge in [-0.1, -0.05) is 85.7 Å². The molecule has 2 aromatic carbocycles.